The summed E-state index contributed by atoms with van der Waals surface area (Å²) in [7, 11) is -3.03. The molecule has 0 radical (unpaired) electrons. The summed E-state index contributed by atoms with van der Waals surface area (Å²) in [6.07, 6.45) is -3.50. The molecule has 0 spiro atoms. The summed E-state index contributed by atoms with van der Waals surface area (Å²) in [5, 5.41) is 3.26. The Labute approximate surface area is 156 Å². The number of benzene rings is 2. The van der Waals surface area contributed by atoms with Crippen molar-refractivity contribution in [2.75, 3.05) is 6.26 Å². The highest BCUT2D eigenvalue weighted by Crippen LogP contribution is 2.30. The highest BCUT2D eigenvalue weighted by Gasteiger charge is 2.38. The standard InChI is InChI=1S/C17H12F5N3O2S/c1-28(26,9-12-13(18)3-2-4-14(12)19)25-11-7-5-10(6-8-11)15-23-16(27-24-15)17(20,21)22/h2-8H,9H2,1H3. The van der Waals surface area contributed by atoms with Crippen LogP contribution in [0.5, 0.6) is 0 Å². The van der Waals surface area contributed by atoms with Gasteiger partial charge in [0.1, 0.15) is 11.6 Å². The second kappa shape index (κ2) is 7.30. The normalized spacial score (nSPS) is 13.9. The summed E-state index contributed by atoms with van der Waals surface area (Å²) in [6.45, 7) is 0. The molecular formula is C17H12F5N3O2S. The SMILES string of the molecule is CS(=O)(Cc1c(F)cccc1F)=Nc1ccc(-c2noc(C(F)(F)F)n2)cc1. The van der Waals surface area contributed by atoms with Gasteiger partial charge in [0.05, 0.1) is 21.2 Å². The van der Waals surface area contributed by atoms with Gasteiger partial charge in [-0.05, 0) is 36.4 Å². The maximum Gasteiger partial charge on any atom is 0.471 e. The molecule has 28 heavy (non-hydrogen) atoms. The lowest BCUT2D eigenvalue weighted by molar-refractivity contribution is -0.159. The second-order valence-electron chi connectivity index (χ2n) is 5.86. The van der Waals surface area contributed by atoms with Gasteiger partial charge in [-0.3, -0.25) is 0 Å². The van der Waals surface area contributed by atoms with Gasteiger partial charge in [0, 0.05) is 17.4 Å². The molecule has 0 aliphatic carbocycles. The molecule has 148 valence electrons. The van der Waals surface area contributed by atoms with Crippen molar-refractivity contribution in [2.24, 2.45) is 4.36 Å². The molecule has 0 N–H and O–H groups in total. The van der Waals surface area contributed by atoms with Crippen LogP contribution in [-0.4, -0.2) is 20.6 Å². The maximum atomic E-state index is 13.7. The average Bonchev–Trinajstić information content (AvgIpc) is 3.09. The Bertz CT molecular complexity index is 1100. The molecule has 0 aliphatic rings. The van der Waals surface area contributed by atoms with E-state index in [1.165, 1.54) is 36.6 Å². The first-order chi connectivity index (χ1) is 13.0. The van der Waals surface area contributed by atoms with Gasteiger partial charge in [-0.15, -0.1) is 0 Å². The number of hydrogen-bond donors (Lipinski definition) is 0. The number of rotatable bonds is 4. The van der Waals surface area contributed by atoms with E-state index in [1.54, 1.807) is 0 Å². The second-order valence-corrected chi connectivity index (χ2v) is 8.25. The van der Waals surface area contributed by atoms with E-state index in [0.29, 0.717) is 0 Å². The van der Waals surface area contributed by atoms with Gasteiger partial charge in [0.25, 0.3) is 0 Å². The van der Waals surface area contributed by atoms with E-state index in [4.69, 9.17) is 0 Å². The van der Waals surface area contributed by atoms with Gasteiger partial charge in [0.15, 0.2) is 0 Å². The Balaban J connectivity index is 1.85. The molecule has 1 atom stereocenters. The summed E-state index contributed by atoms with van der Waals surface area (Å²) < 4.78 is 85.8. The number of aromatic nitrogens is 2. The Hall–Kier alpha value is -2.82. The quantitative estimate of drug-likeness (QED) is 0.563. The fraction of sp³-hybridized carbons (Fsp3) is 0.176. The molecule has 3 aromatic rings. The Kier molecular flexibility index (Phi) is 5.20. The van der Waals surface area contributed by atoms with Gasteiger partial charge >= 0.3 is 12.1 Å². The first kappa shape index (κ1) is 19.9. The van der Waals surface area contributed by atoms with Gasteiger partial charge < -0.3 is 4.52 Å². The molecule has 0 fully saturated rings. The zero-order valence-electron chi connectivity index (χ0n) is 14.2. The van der Waals surface area contributed by atoms with Crippen LogP contribution in [0.1, 0.15) is 11.5 Å². The zero-order chi connectivity index (χ0) is 20.5. The molecule has 2 aromatic carbocycles. The van der Waals surface area contributed by atoms with E-state index >= 15 is 0 Å². The van der Waals surface area contributed by atoms with Crippen molar-refractivity contribution in [3.05, 3.63) is 65.6 Å². The number of halogens is 5. The monoisotopic (exact) mass is 417 g/mol. The van der Waals surface area contributed by atoms with Crippen LogP contribution in [0.4, 0.5) is 27.6 Å². The van der Waals surface area contributed by atoms with Crippen LogP contribution < -0.4 is 0 Å². The predicted octanol–water partition coefficient (Wildman–Crippen LogP) is 4.96. The van der Waals surface area contributed by atoms with Crippen molar-refractivity contribution in [3.63, 3.8) is 0 Å². The van der Waals surface area contributed by atoms with E-state index in [1.807, 2.05) is 0 Å². The molecule has 0 bridgehead atoms. The third kappa shape index (κ3) is 4.53. The van der Waals surface area contributed by atoms with Gasteiger partial charge in [0.2, 0.25) is 5.82 Å². The van der Waals surface area contributed by atoms with Gasteiger partial charge in [-0.2, -0.15) is 22.5 Å². The molecule has 1 unspecified atom stereocenters. The molecular weight excluding hydrogens is 405 g/mol. The van der Waals surface area contributed by atoms with Crippen molar-refractivity contribution in [2.45, 2.75) is 11.9 Å². The van der Waals surface area contributed by atoms with Crippen molar-refractivity contribution in [3.8, 4) is 11.4 Å². The molecule has 5 nitrogen and oxygen atoms in total. The summed E-state index contributed by atoms with van der Waals surface area (Å²) in [4.78, 5) is 3.26. The molecule has 11 heteroatoms. The van der Waals surface area contributed by atoms with E-state index in [-0.39, 0.29) is 22.6 Å². The van der Waals surface area contributed by atoms with Crippen LogP contribution in [0.2, 0.25) is 0 Å². The topological polar surface area (TPSA) is 68.3 Å². The van der Waals surface area contributed by atoms with Gasteiger partial charge in [-0.1, -0.05) is 11.2 Å². The molecule has 0 saturated carbocycles. The number of hydrogen-bond acceptors (Lipinski definition) is 5. The third-order valence-electron chi connectivity index (χ3n) is 3.57. The predicted molar refractivity (Wildman–Crippen MR) is 91.0 cm³/mol. The van der Waals surface area contributed by atoms with Crippen LogP contribution in [0.3, 0.4) is 0 Å². The zero-order valence-corrected chi connectivity index (χ0v) is 15.0. The van der Waals surface area contributed by atoms with Crippen molar-refractivity contribution >= 4 is 15.4 Å². The molecule has 0 saturated heterocycles. The van der Waals surface area contributed by atoms with E-state index in [0.717, 1.165) is 12.1 Å². The Morgan fingerprint density at radius 1 is 1.07 bits per heavy atom. The largest absolute Gasteiger partial charge is 0.471 e. The van der Waals surface area contributed by atoms with Crippen molar-refractivity contribution < 1.29 is 30.7 Å². The number of nitrogens with zero attached hydrogens (tertiary/aromatic N) is 3. The van der Waals surface area contributed by atoms with Crippen LogP contribution >= 0.6 is 0 Å². The fourth-order valence-electron chi connectivity index (χ4n) is 2.32. The highest BCUT2D eigenvalue weighted by molar-refractivity contribution is 7.92. The minimum absolute atomic E-state index is 0.215. The molecule has 1 heterocycles. The lowest BCUT2D eigenvalue weighted by Gasteiger charge is -2.07. The first-order valence-corrected chi connectivity index (χ1v) is 9.78. The molecule has 3 rings (SSSR count). The lowest BCUT2D eigenvalue weighted by Crippen LogP contribution is -2.05. The maximum absolute atomic E-state index is 13.7. The molecule has 0 aliphatic heterocycles. The van der Waals surface area contributed by atoms with Crippen molar-refractivity contribution in [1.29, 1.82) is 0 Å². The first-order valence-electron chi connectivity index (χ1n) is 7.69. The Morgan fingerprint density at radius 3 is 2.21 bits per heavy atom. The van der Waals surface area contributed by atoms with E-state index in [2.05, 4.69) is 19.0 Å². The summed E-state index contributed by atoms with van der Waals surface area (Å²) in [5.74, 6) is -3.83. The average molecular weight is 417 g/mol. The lowest BCUT2D eigenvalue weighted by atomic mass is 10.2. The van der Waals surface area contributed by atoms with E-state index in [9.17, 15) is 26.2 Å². The molecule has 1 aromatic heterocycles. The molecule has 0 amide bonds. The van der Waals surface area contributed by atoms with Crippen molar-refractivity contribution in [1.82, 2.24) is 10.1 Å². The van der Waals surface area contributed by atoms with Crippen LogP contribution in [-0.2, 0) is 21.7 Å². The van der Waals surface area contributed by atoms with E-state index < -0.39 is 39.2 Å². The third-order valence-corrected chi connectivity index (χ3v) is 4.99. The highest BCUT2D eigenvalue weighted by atomic mass is 32.2. The smallest absolute Gasteiger partial charge is 0.329 e. The van der Waals surface area contributed by atoms with Crippen LogP contribution in [0.15, 0.2) is 51.4 Å². The van der Waals surface area contributed by atoms with Crippen LogP contribution in [0.25, 0.3) is 11.4 Å². The minimum Gasteiger partial charge on any atom is -0.329 e. The minimum atomic E-state index is -4.75. The summed E-state index contributed by atoms with van der Waals surface area (Å²) in [6, 6.07) is 8.79. The summed E-state index contributed by atoms with van der Waals surface area (Å²) >= 11 is 0. The van der Waals surface area contributed by atoms with Gasteiger partial charge in [-0.25, -0.2) is 13.0 Å². The Morgan fingerprint density at radius 2 is 1.68 bits per heavy atom. The van der Waals surface area contributed by atoms with Crippen LogP contribution in [0, 0.1) is 11.6 Å². The summed E-state index contributed by atoms with van der Waals surface area (Å²) in [5.41, 5.74) is 0.107. The number of alkyl halides is 3. The fourth-order valence-corrected chi connectivity index (χ4v) is 3.76.